The molecule has 23 heavy (non-hydrogen) atoms. The quantitative estimate of drug-likeness (QED) is 0.819. The van der Waals surface area contributed by atoms with Crippen LogP contribution in [0, 0.1) is 6.92 Å². The largest absolute Gasteiger partial charge is 0.444 e. The van der Waals surface area contributed by atoms with Crippen molar-refractivity contribution in [3.63, 3.8) is 0 Å². The van der Waals surface area contributed by atoms with E-state index in [1.807, 2.05) is 52.0 Å². The normalized spacial score (nSPS) is 11.0. The number of nitrogens with one attached hydrogen (secondary N) is 1. The number of amides is 2. The number of hydrogen-bond acceptors (Lipinski definition) is 3. The zero-order valence-electron chi connectivity index (χ0n) is 14.8. The molecule has 5 heteroatoms. The van der Waals surface area contributed by atoms with Crippen molar-refractivity contribution in [1.29, 1.82) is 0 Å². The summed E-state index contributed by atoms with van der Waals surface area (Å²) in [6, 6.07) is 8.04. The van der Waals surface area contributed by atoms with E-state index < -0.39 is 11.7 Å². The topological polar surface area (TPSA) is 58.6 Å². The highest BCUT2D eigenvalue weighted by Crippen LogP contribution is 2.10. The fourth-order valence-electron chi connectivity index (χ4n) is 2.07. The molecule has 0 fully saturated rings. The average molecular weight is 320 g/mol. The minimum absolute atomic E-state index is 0.0687. The Morgan fingerprint density at radius 2 is 1.87 bits per heavy atom. The summed E-state index contributed by atoms with van der Waals surface area (Å²) in [5.41, 5.74) is 1.82. The Morgan fingerprint density at radius 3 is 2.48 bits per heavy atom. The summed E-state index contributed by atoms with van der Waals surface area (Å²) in [6.07, 6.45) is 0.548. The van der Waals surface area contributed by atoms with Crippen LogP contribution in [0.2, 0.25) is 0 Å². The van der Waals surface area contributed by atoms with Gasteiger partial charge in [-0.25, -0.2) is 4.79 Å². The lowest BCUT2D eigenvalue weighted by molar-refractivity contribution is -0.130. The van der Waals surface area contributed by atoms with Gasteiger partial charge in [-0.05, 0) is 45.2 Å². The first-order valence-electron chi connectivity index (χ1n) is 7.94. The van der Waals surface area contributed by atoms with Gasteiger partial charge in [0.25, 0.3) is 0 Å². The highest BCUT2D eigenvalue weighted by atomic mass is 16.6. The Labute approximate surface area is 139 Å². The number of alkyl carbamates (subject to hydrolysis) is 1. The predicted molar refractivity (Wildman–Crippen MR) is 91.1 cm³/mol. The van der Waals surface area contributed by atoms with Crippen molar-refractivity contribution < 1.29 is 14.3 Å². The van der Waals surface area contributed by atoms with Crippen molar-refractivity contribution >= 4 is 12.0 Å². The highest BCUT2D eigenvalue weighted by molar-refractivity contribution is 5.76. The molecule has 128 valence electrons. The summed E-state index contributed by atoms with van der Waals surface area (Å²) in [5, 5.41) is 2.66. The third-order valence-electron chi connectivity index (χ3n) is 3.33. The van der Waals surface area contributed by atoms with Crippen LogP contribution in [0.5, 0.6) is 0 Å². The summed E-state index contributed by atoms with van der Waals surface area (Å²) < 4.78 is 5.14. The summed E-state index contributed by atoms with van der Waals surface area (Å²) in [5.74, 6) is 0.0687. The van der Waals surface area contributed by atoms with Crippen LogP contribution in [0.4, 0.5) is 4.79 Å². The molecule has 2 amide bonds. The number of hydrogen-bond donors (Lipinski definition) is 1. The molecule has 0 atom stereocenters. The molecule has 0 heterocycles. The summed E-state index contributed by atoms with van der Waals surface area (Å²) in [4.78, 5) is 25.3. The minimum Gasteiger partial charge on any atom is -0.444 e. The van der Waals surface area contributed by atoms with Gasteiger partial charge in [0, 0.05) is 26.6 Å². The summed E-state index contributed by atoms with van der Waals surface area (Å²) >= 11 is 0. The van der Waals surface area contributed by atoms with Gasteiger partial charge in [0.1, 0.15) is 5.60 Å². The maximum absolute atomic E-state index is 12.1. The van der Waals surface area contributed by atoms with Crippen molar-refractivity contribution in [2.45, 2.75) is 52.7 Å². The van der Waals surface area contributed by atoms with E-state index in [0.29, 0.717) is 25.9 Å². The second kappa shape index (κ2) is 8.56. The number of nitrogens with zero attached hydrogens (tertiary/aromatic N) is 1. The maximum Gasteiger partial charge on any atom is 0.407 e. The molecular formula is C18H28N2O3. The zero-order valence-corrected chi connectivity index (χ0v) is 14.8. The first-order chi connectivity index (χ1) is 10.7. The van der Waals surface area contributed by atoms with Crippen molar-refractivity contribution in [2.75, 3.05) is 13.6 Å². The molecular weight excluding hydrogens is 292 g/mol. The van der Waals surface area contributed by atoms with Crippen molar-refractivity contribution in [3.8, 4) is 0 Å². The van der Waals surface area contributed by atoms with E-state index in [4.69, 9.17) is 4.74 Å². The number of benzene rings is 1. The fourth-order valence-corrected chi connectivity index (χ4v) is 2.07. The lowest BCUT2D eigenvalue weighted by atomic mass is 10.1. The molecule has 0 radical (unpaired) electrons. The fraction of sp³-hybridized carbons (Fsp3) is 0.556. The minimum atomic E-state index is -0.506. The van der Waals surface area contributed by atoms with Gasteiger partial charge in [-0.3, -0.25) is 4.79 Å². The maximum atomic E-state index is 12.1. The second-order valence-corrected chi connectivity index (χ2v) is 6.71. The Kier molecular flexibility index (Phi) is 7.07. The number of aryl methyl sites for hydroxylation is 1. The Morgan fingerprint density at radius 1 is 1.22 bits per heavy atom. The molecule has 1 N–H and O–H groups in total. The molecule has 0 saturated heterocycles. The molecule has 1 aromatic carbocycles. The first kappa shape index (κ1) is 19.0. The van der Waals surface area contributed by atoms with E-state index in [2.05, 4.69) is 5.32 Å². The molecule has 1 rings (SSSR count). The zero-order chi connectivity index (χ0) is 17.5. The average Bonchev–Trinajstić information content (AvgIpc) is 2.44. The summed E-state index contributed by atoms with van der Waals surface area (Å²) in [6.45, 7) is 8.52. The van der Waals surface area contributed by atoms with E-state index in [-0.39, 0.29) is 5.91 Å². The van der Waals surface area contributed by atoms with Crippen molar-refractivity contribution in [1.82, 2.24) is 10.2 Å². The number of ether oxygens (including phenoxy) is 1. The van der Waals surface area contributed by atoms with Gasteiger partial charge in [0.2, 0.25) is 5.91 Å². The summed E-state index contributed by atoms with van der Waals surface area (Å²) in [7, 11) is 1.80. The van der Waals surface area contributed by atoms with E-state index >= 15 is 0 Å². The van der Waals surface area contributed by atoms with Crippen LogP contribution in [-0.4, -0.2) is 36.1 Å². The van der Waals surface area contributed by atoms with Gasteiger partial charge < -0.3 is 15.0 Å². The molecule has 5 nitrogen and oxygen atoms in total. The third kappa shape index (κ3) is 7.68. The molecule has 0 spiro atoms. The molecule has 0 saturated carbocycles. The molecule has 0 aliphatic heterocycles. The van der Waals surface area contributed by atoms with Crippen LogP contribution in [0.1, 0.15) is 44.7 Å². The standard InChI is InChI=1S/C18H28N2O3/c1-14-9-6-7-10-15(14)13-20(5)16(21)11-8-12-19-17(22)23-18(2,3)4/h6-7,9-10H,8,11-13H2,1-5H3,(H,19,22). The molecule has 0 aliphatic rings. The third-order valence-corrected chi connectivity index (χ3v) is 3.33. The molecule has 0 bridgehead atoms. The number of carbonyl (C=O) groups is 2. The van der Waals surface area contributed by atoms with E-state index in [0.717, 1.165) is 5.56 Å². The highest BCUT2D eigenvalue weighted by Gasteiger charge is 2.16. The van der Waals surface area contributed by atoms with Crippen LogP contribution in [-0.2, 0) is 16.1 Å². The van der Waals surface area contributed by atoms with Crippen LogP contribution < -0.4 is 5.32 Å². The van der Waals surface area contributed by atoms with E-state index in [9.17, 15) is 9.59 Å². The predicted octanol–water partition coefficient (Wildman–Crippen LogP) is 3.26. The Bertz CT molecular complexity index is 535. The van der Waals surface area contributed by atoms with Gasteiger partial charge in [0.15, 0.2) is 0 Å². The molecule has 0 aliphatic carbocycles. The van der Waals surface area contributed by atoms with Gasteiger partial charge in [0.05, 0.1) is 0 Å². The first-order valence-corrected chi connectivity index (χ1v) is 7.94. The van der Waals surface area contributed by atoms with Crippen LogP contribution in [0.3, 0.4) is 0 Å². The molecule has 1 aromatic rings. The van der Waals surface area contributed by atoms with Gasteiger partial charge >= 0.3 is 6.09 Å². The van der Waals surface area contributed by atoms with Crippen LogP contribution in [0.25, 0.3) is 0 Å². The SMILES string of the molecule is Cc1ccccc1CN(C)C(=O)CCCNC(=O)OC(C)(C)C. The Hall–Kier alpha value is -2.04. The lowest BCUT2D eigenvalue weighted by Gasteiger charge is -2.20. The van der Waals surface area contributed by atoms with E-state index in [1.54, 1.807) is 11.9 Å². The Balaban J connectivity index is 2.28. The molecule has 0 unspecified atom stereocenters. The van der Waals surface area contributed by atoms with E-state index in [1.165, 1.54) is 5.56 Å². The smallest absolute Gasteiger partial charge is 0.407 e. The van der Waals surface area contributed by atoms with Crippen LogP contribution in [0.15, 0.2) is 24.3 Å². The van der Waals surface area contributed by atoms with Crippen molar-refractivity contribution in [3.05, 3.63) is 35.4 Å². The monoisotopic (exact) mass is 320 g/mol. The number of carbonyl (C=O) groups excluding carboxylic acids is 2. The van der Waals surface area contributed by atoms with Gasteiger partial charge in [-0.1, -0.05) is 24.3 Å². The van der Waals surface area contributed by atoms with Gasteiger partial charge in [-0.2, -0.15) is 0 Å². The van der Waals surface area contributed by atoms with Crippen molar-refractivity contribution in [2.24, 2.45) is 0 Å². The van der Waals surface area contributed by atoms with Crippen LogP contribution >= 0.6 is 0 Å². The lowest BCUT2D eigenvalue weighted by Crippen LogP contribution is -2.33. The number of rotatable bonds is 6. The second-order valence-electron chi connectivity index (χ2n) is 6.71. The molecule has 0 aromatic heterocycles. The van der Waals surface area contributed by atoms with Gasteiger partial charge in [-0.15, -0.1) is 0 Å².